The van der Waals surface area contributed by atoms with Crippen molar-refractivity contribution in [1.29, 1.82) is 0 Å². The molecule has 0 unspecified atom stereocenters. The summed E-state index contributed by atoms with van der Waals surface area (Å²) in [6, 6.07) is 13.3. The number of ketones is 1. The monoisotopic (exact) mass is 431 g/mol. The van der Waals surface area contributed by atoms with Crippen LogP contribution in [0.4, 0.5) is 10.1 Å². The highest BCUT2D eigenvalue weighted by molar-refractivity contribution is 6.10. The first-order chi connectivity index (χ1) is 15.5. The van der Waals surface area contributed by atoms with Gasteiger partial charge >= 0.3 is 0 Å². The molecule has 0 aliphatic heterocycles. The van der Waals surface area contributed by atoms with E-state index < -0.39 is 22.9 Å². The highest BCUT2D eigenvalue weighted by Gasteiger charge is 2.19. The number of anilines is 1. The second-order valence-corrected chi connectivity index (χ2v) is 7.00. The van der Waals surface area contributed by atoms with Gasteiger partial charge in [0, 0.05) is 29.8 Å². The van der Waals surface area contributed by atoms with Crippen molar-refractivity contribution in [2.75, 3.05) is 12.4 Å². The molecule has 2 heterocycles. The minimum Gasteiger partial charge on any atom is -0.497 e. The third kappa shape index (κ3) is 4.24. The van der Waals surface area contributed by atoms with Crippen LogP contribution >= 0.6 is 0 Å². The number of aromatic nitrogens is 2. The van der Waals surface area contributed by atoms with E-state index in [9.17, 15) is 18.8 Å². The van der Waals surface area contributed by atoms with E-state index in [1.807, 2.05) is 0 Å². The van der Waals surface area contributed by atoms with E-state index in [4.69, 9.17) is 4.74 Å². The fourth-order valence-corrected chi connectivity index (χ4v) is 3.34. The maximum atomic E-state index is 13.1. The topological polar surface area (TPSA) is 90.3 Å². The van der Waals surface area contributed by atoms with Gasteiger partial charge in [0.2, 0.25) is 11.3 Å². The van der Waals surface area contributed by atoms with E-state index in [0.717, 1.165) is 0 Å². The zero-order valence-corrected chi connectivity index (χ0v) is 17.0. The SMILES string of the molecule is COc1ccc2c(c1)c(=O)c(C(=O)c1ccncc1)cn2CC(=O)Nc1ccc(F)cc1. The van der Waals surface area contributed by atoms with Crippen molar-refractivity contribution >= 4 is 28.3 Å². The Morgan fingerprint density at radius 3 is 2.47 bits per heavy atom. The van der Waals surface area contributed by atoms with Gasteiger partial charge in [0.1, 0.15) is 18.1 Å². The van der Waals surface area contributed by atoms with E-state index in [-0.39, 0.29) is 17.5 Å². The van der Waals surface area contributed by atoms with Crippen molar-refractivity contribution in [1.82, 2.24) is 9.55 Å². The number of carbonyl (C=O) groups excluding carboxylic acids is 2. The molecule has 160 valence electrons. The highest BCUT2D eigenvalue weighted by Crippen LogP contribution is 2.20. The number of rotatable bonds is 6. The molecule has 0 saturated heterocycles. The molecular formula is C24H18FN3O4. The molecule has 4 rings (SSSR count). The second-order valence-electron chi connectivity index (χ2n) is 7.00. The number of benzene rings is 2. The summed E-state index contributed by atoms with van der Waals surface area (Å²) in [5.41, 5.74) is 0.664. The molecule has 0 spiro atoms. The first-order valence-electron chi connectivity index (χ1n) is 9.67. The van der Waals surface area contributed by atoms with Crippen LogP contribution in [-0.2, 0) is 11.3 Å². The van der Waals surface area contributed by atoms with Crippen molar-refractivity contribution in [3.8, 4) is 5.75 Å². The molecule has 0 saturated carbocycles. The molecule has 8 heteroatoms. The molecular weight excluding hydrogens is 413 g/mol. The lowest BCUT2D eigenvalue weighted by atomic mass is 10.0. The largest absolute Gasteiger partial charge is 0.497 e. The lowest BCUT2D eigenvalue weighted by Crippen LogP contribution is -2.24. The van der Waals surface area contributed by atoms with Gasteiger partial charge in [-0.05, 0) is 54.6 Å². The minimum atomic E-state index is -0.477. The number of pyridine rings is 2. The number of halogens is 1. The van der Waals surface area contributed by atoms with Crippen LogP contribution in [-0.4, -0.2) is 28.4 Å². The molecule has 7 nitrogen and oxygen atoms in total. The Balaban J connectivity index is 1.77. The Morgan fingerprint density at radius 2 is 1.78 bits per heavy atom. The van der Waals surface area contributed by atoms with Crippen molar-refractivity contribution in [2.24, 2.45) is 0 Å². The molecule has 0 radical (unpaired) electrons. The van der Waals surface area contributed by atoms with Gasteiger partial charge in [-0.1, -0.05) is 0 Å². The van der Waals surface area contributed by atoms with Gasteiger partial charge in [0.25, 0.3) is 0 Å². The number of nitrogens with zero attached hydrogens (tertiary/aromatic N) is 2. The predicted molar refractivity (Wildman–Crippen MR) is 117 cm³/mol. The van der Waals surface area contributed by atoms with E-state index in [0.29, 0.717) is 22.5 Å². The van der Waals surface area contributed by atoms with Crippen molar-refractivity contribution in [2.45, 2.75) is 6.54 Å². The molecule has 1 N–H and O–H groups in total. The second kappa shape index (κ2) is 8.81. The summed E-state index contributed by atoms with van der Waals surface area (Å²) >= 11 is 0. The zero-order chi connectivity index (χ0) is 22.7. The molecule has 2 aromatic carbocycles. The van der Waals surface area contributed by atoms with Crippen molar-refractivity contribution in [3.05, 3.63) is 100 Å². The summed E-state index contributed by atoms with van der Waals surface area (Å²) in [6.45, 7) is -0.170. The first-order valence-corrected chi connectivity index (χ1v) is 9.67. The van der Waals surface area contributed by atoms with E-state index in [1.54, 1.807) is 12.1 Å². The number of hydrogen-bond acceptors (Lipinski definition) is 5. The Labute approximate surface area is 182 Å². The molecule has 0 atom stereocenters. The third-order valence-corrected chi connectivity index (χ3v) is 4.92. The number of methoxy groups -OCH3 is 1. The van der Waals surface area contributed by atoms with Gasteiger partial charge < -0.3 is 14.6 Å². The van der Waals surface area contributed by atoms with E-state index >= 15 is 0 Å². The summed E-state index contributed by atoms with van der Waals surface area (Å²) in [4.78, 5) is 42.7. The quantitative estimate of drug-likeness (QED) is 0.473. The van der Waals surface area contributed by atoms with Crippen LogP contribution in [0.1, 0.15) is 15.9 Å². The van der Waals surface area contributed by atoms with Gasteiger partial charge in [-0.2, -0.15) is 0 Å². The van der Waals surface area contributed by atoms with Crippen LogP contribution in [0.25, 0.3) is 10.9 Å². The highest BCUT2D eigenvalue weighted by atomic mass is 19.1. The van der Waals surface area contributed by atoms with Gasteiger partial charge in [0.05, 0.1) is 23.6 Å². The average Bonchev–Trinajstić information content (AvgIpc) is 2.82. The summed E-state index contributed by atoms with van der Waals surface area (Å²) in [5.74, 6) is -0.845. The summed E-state index contributed by atoms with van der Waals surface area (Å²) in [7, 11) is 1.47. The Morgan fingerprint density at radius 1 is 1.06 bits per heavy atom. The summed E-state index contributed by atoms with van der Waals surface area (Å²) < 4.78 is 19.9. The molecule has 1 amide bonds. The molecule has 0 bridgehead atoms. The van der Waals surface area contributed by atoms with Crippen LogP contribution in [0.15, 0.2) is 78.0 Å². The van der Waals surface area contributed by atoms with E-state index in [1.165, 1.54) is 72.7 Å². The van der Waals surface area contributed by atoms with E-state index in [2.05, 4.69) is 10.3 Å². The Bertz CT molecular complexity index is 1370. The number of amides is 1. The number of fused-ring (bicyclic) bond motifs is 1. The van der Waals surface area contributed by atoms with Gasteiger partial charge in [-0.25, -0.2) is 4.39 Å². The van der Waals surface area contributed by atoms with Crippen LogP contribution in [0.2, 0.25) is 0 Å². The zero-order valence-electron chi connectivity index (χ0n) is 17.0. The normalized spacial score (nSPS) is 10.7. The summed E-state index contributed by atoms with van der Waals surface area (Å²) in [6.07, 6.45) is 4.31. The minimum absolute atomic E-state index is 0.0773. The molecule has 0 fully saturated rings. The average molecular weight is 431 g/mol. The Kier molecular flexibility index (Phi) is 5.76. The van der Waals surface area contributed by atoms with Gasteiger partial charge in [-0.15, -0.1) is 0 Å². The molecule has 4 aromatic rings. The third-order valence-electron chi connectivity index (χ3n) is 4.92. The molecule has 0 aliphatic carbocycles. The predicted octanol–water partition coefficient (Wildman–Crippen LogP) is 3.41. The van der Waals surface area contributed by atoms with Gasteiger partial charge in [-0.3, -0.25) is 19.4 Å². The van der Waals surface area contributed by atoms with Crippen LogP contribution in [0, 0.1) is 5.82 Å². The maximum absolute atomic E-state index is 13.1. The number of hydrogen-bond donors (Lipinski definition) is 1. The molecule has 32 heavy (non-hydrogen) atoms. The van der Waals surface area contributed by atoms with Crippen molar-refractivity contribution in [3.63, 3.8) is 0 Å². The molecule has 2 aromatic heterocycles. The first kappa shape index (κ1) is 20.9. The number of carbonyl (C=O) groups is 2. The lowest BCUT2D eigenvalue weighted by Gasteiger charge is -2.14. The fraction of sp³-hybridized carbons (Fsp3) is 0.0833. The standard InChI is InChI=1S/C24H18FN3O4/c1-32-18-6-7-21-19(12-18)24(31)20(23(30)15-8-10-26-11-9-15)13-28(21)14-22(29)27-17-4-2-16(25)3-5-17/h2-13H,14H2,1H3,(H,27,29). The fourth-order valence-electron chi connectivity index (χ4n) is 3.34. The van der Waals surface area contributed by atoms with Crippen LogP contribution < -0.4 is 15.5 Å². The van der Waals surface area contributed by atoms with Crippen LogP contribution in [0.5, 0.6) is 5.75 Å². The number of nitrogens with one attached hydrogen (secondary N) is 1. The smallest absolute Gasteiger partial charge is 0.244 e. The number of ether oxygens (including phenoxy) is 1. The Hall–Kier alpha value is -4.33. The van der Waals surface area contributed by atoms with Crippen LogP contribution in [0.3, 0.4) is 0 Å². The lowest BCUT2D eigenvalue weighted by molar-refractivity contribution is -0.116. The molecule has 0 aliphatic rings. The summed E-state index contributed by atoms with van der Waals surface area (Å²) in [5, 5.41) is 2.93. The van der Waals surface area contributed by atoms with Crippen molar-refractivity contribution < 1.29 is 18.7 Å². The maximum Gasteiger partial charge on any atom is 0.244 e. The van der Waals surface area contributed by atoms with Gasteiger partial charge in [0.15, 0.2) is 5.78 Å².